The van der Waals surface area contributed by atoms with Crippen molar-refractivity contribution in [2.75, 3.05) is 6.54 Å². The molecule has 1 aromatic heterocycles. The SMILES string of the molecule is Cn1c(=O)n(CC(=O)NCC2(c3ccccc3)CC2)c2ccccc21. The number of aromatic nitrogens is 2. The smallest absolute Gasteiger partial charge is 0.329 e. The zero-order valence-electron chi connectivity index (χ0n) is 14.2. The standard InChI is InChI=1S/C20H21N3O2/c1-22-16-9-5-6-10-17(16)23(19(22)25)13-18(24)21-14-20(11-12-20)15-7-3-2-4-8-15/h2-10H,11-14H2,1H3,(H,21,24). The summed E-state index contributed by atoms with van der Waals surface area (Å²) in [6.07, 6.45) is 2.18. The van der Waals surface area contributed by atoms with E-state index < -0.39 is 0 Å². The first-order valence-corrected chi connectivity index (χ1v) is 8.57. The molecule has 1 saturated carbocycles. The summed E-state index contributed by atoms with van der Waals surface area (Å²) in [6, 6.07) is 17.8. The minimum absolute atomic E-state index is 0.0467. The molecule has 4 rings (SSSR count). The van der Waals surface area contributed by atoms with Gasteiger partial charge in [0.15, 0.2) is 0 Å². The van der Waals surface area contributed by atoms with Crippen molar-refractivity contribution in [3.05, 3.63) is 70.6 Å². The maximum atomic E-state index is 12.4. The van der Waals surface area contributed by atoms with Gasteiger partial charge < -0.3 is 5.32 Å². The first kappa shape index (κ1) is 15.7. The number of imidazole rings is 1. The van der Waals surface area contributed by atoms with E-state index in [0.29, 0.717) is 6.54 Å². The molecular weight excluding hydrogens is 314 g/mol. The molecule has 5 heteroatoms. The maximum absolute atomic E-state index is 12.4. The van der Waals surface area contributed by atoms with Gasteiger partial charge in [0.25, 0.3) is 0 Å². The van der Waals surface area contributed by atoms with E-state index in [2.05, 4.69) is 17.4 Å². The Labute approximate surface area is 145 Å². The van der Waals surface area contributed by atoms with E-state index in [1.165, 1.54) is 10.1 Å². The van der Waals surface area contributed by atoms with Crippen molar-refractivity contribution in [1.29, 1.82) is 0 Å². The normalized spacial score (nSPS) is 15.2. The number of benzene rings is 2. The molecule has 0 unspecified atom stereocenters. The number of fused-ring (bicyclic) bond motifs is 1. The minimum Gasteiger partial charge on any atom is -0.354 e. The molecule has 1 fully saturated rings. The lowest BCUT2D eigenvalue weighted by Gasteiger charge is -2.16. The lowest BCUT2D eigenvalue weighted by molar-refractivity contribution is -0.121. The highest BCUT2D eigenvalue weighted by molar-refractivity contribution is 5.81. The van der Waals surface area contributed by atoms with Crippen molar-refractivity contribution < 1.29 is 4.79 Å². The molecule has 1 heterocycles. The highest BCUT2D eigenvalue weighted by Crippen LogP contribution is 2.47. The van der Waals surface area contributed by atoms with Gasteiger partial charge in [-0.2, -0.15) is 0 Å². The molecule has 25 heavy (non-hydrogen) atoms. The molecule has 1 N–H and O–H groups in total. The van der Waals surface area contributed by atoms with Crippen LogP contribution in [-0.4, -0.2) is 21.6 Å². The molecule has 0 bridgehead atoms. The third kappa shape index (κ3) is 2.76. The van der Waals surface area contributed by atoms with Gasteiger partial charge in [-0.1, -0.05) is 42.5 Å². The third-order valence-corrected chi connectivity index (χ3v) is 5.22. The van der Waals surface area contributed by atoms with Crippen LogP contribution in [0.25, 0.3) is 11.0 Å². The second kappa shape index (κ2) is 5.92. The van der Waals surface area contributed by atoms with Crippen LogP contribution in [0.15, 0.2) is 59.4 Å². The molecule has 3 aromatic rings. The van der Waals surface area contributed by atoms with Crippen molar-refractivity contribution >= 4 is 16.9 Å². The molecule has 0 aliphatic heterocycles. The van der Waals surface area contributed by atoms with Crippen LogP contribution in [0.2, 0.25) is 0 Å². The van der Waals surface area contributed by atoms with Gasteiger partial charge in [0.05, 0.1) is 11.0 Å². The summed E-state index contributed by atoms with van der Waals surface area (Å²) in [7, 11) is 1.73. The summed E-state index contributed by atoms with van der Waals surface area (Å²) in [6.45, 7) is 0.667. The van der Waals surface area contributed by atoms with Crippen molar-refractivity contribution in [3.8, 4) is 0 Å². The quantitative estimate of drug-likeness (QED) is 0.777. The number of nitrogens with zero attached hydrogens (tertiary/aromatic N) is 2. The maximum Gasteiger partial charge on any atom is 0.329 e. The van der Waals surface area contributed by atoms with Crippen molar-refractivity contribution in [3.63, 3.8) is 0 Å². The zero-order chi connectivity index (χ0) is 17.4. The number of carbonyl (C=O) groups excluding carboxylic acids is 1. The van der Waals surface area contributed by atoms with Gasteiger partial charge in [0.1, 0.15) is 6.54 Å². The fraction of sp³-hybridized carbons (Fsp3) is 0.300. The Kier molecular flexibility index (Phi) is 3.71. The fourth-order valence-corrected chi connectivity index (χ4v) is 3.49. The largest absolute Gasteiger partial charge is 0.354 e. The van der Waals surface area contributed by atoms with Crippen LogP contribution in [0.3, 0.4) is 0 Å². The Bertz CT molecular complexity index is 981. The lowest BCUT2D eigenvalue weighted by Crippen LogP contribution is -2.36. The van der Waals surface area contributed by atoms with Gasteiger partial charge in [0, 0.05) is 19.0 Å². The van der Waals surface area contributed by atoms with Crippen LogP contribution in [-0.2, 0) is 23.8 Å². The summed E-state index contributed by atoms with van der Waals surface area (Å²) >= 11 is 0. The summed E-state index contributed by atoms with van der Waals surface area (Å²) in [5.74, 6) is -0.124. The monoisotopic (exact) mass is 335 g/mol. The van der Waals surface area contributed by atoms with Crippen LogP contribution in [0.4, 0.5) is 0 Å². The van der Waals surface area contributed by atoms with Gasteiger partial charge in [-0.25, -0.2) is 4.79 Å². The number of carbonyl (C=O) groups is 1. The Morgan fingerprint density at radius 2 is 1.68 bits per heavy atom. The predicted octanol–water partition coefficient (Wildman–Crippen LogP) is 2.19. The van der Waals surface area contributed by atoms with Gasteiger partial charge in [-0.15, -0.1) is 0 Å². The van der Waals surface area contributed by atoms with Gasteiger partial charge in [0.2, 0.25) is 5.91 Å². The minimum atomic E-state index is -0.166. The van der Waals surface area contributed by atoms with E-state index in [0.717, 1.165) is 23.9 Å². The lowest BCUT2D eigenvalue weighted by atomic mass is 9.96. The number of amides is 1. The van der Waals surface area contributed by atoms with E-state index in [1.54, 1.807) is 11.6 Å². The molecule has 1 aliphatic rings. The van der Waals surface area contributed by atoms with Crippen molar-refractivity contribution in [1.82, 2.24) is 14.5 Å². The Morgan fingerprint density at radius 3 is 2.36 bits per heavy atom. The Morgan fingerprint density at radius 1 is 1.04 bits per heavy atom. The number of para-hydroxylation sites is 2. The van der Waals surface area contributed by atoms with Crippen molar-refractivity contribution in [2.24, 2.45) is 7.05 Å². The molecule has 0 spiro atoms. The highest BCUT2D eigenvalue weighted by Gasteiger charge is 2.44. The zero-order valence-corrected chi connectivity index (χ0v) is 14.2. The van der Waals surface area contributed by atoms with E-state index in [1.807, 2.05) is 42.5 Å². The molecule has 128 valence electrons. The third-order valence-electron chi connectivity index (χ3n) is 5.22. The van der Waals surface area contributed by atoms with E-state index in [9.17, 15) is 9.59 Å². The number of aryl methyl sites for hydroxylation is 1. The molecule has 0 atom stereocenters. The van der Waals surface area contributed by atoms with Crippen LogP contribution in [0.1, 0.15) is 18.4 Å². The molecule has 1 aliphatic carbocycles. The van der Waals surface area contributed by atoms with Gasteiger partial charge in [-0.05, 0) is 30.5 Å². The summed E-state index contributed by atoms with van der Waals surface area (Å²) in [4.78, 5) is 24.8. The van der Waals surface area contributed by atoms with Crippen LogP contribution in [0, 0.1) is 0 Å². The predicted molar refractivity (Wildman–Crippen MR) is 97.5 cm³/mol. The summed E-state index contributed by atoms with van der Waals surface area (Å²) in [5.41, 5.74) is 2.80. The molecule has 2 aromatic carbocycles. The van der Waals surface area contributed by atoms with Crippen LogP contribution < -0.4 is 11.0 Å². The molecule has 0 saturated heterocycles. The number of rotatable bonds is 5. The Hall–Kier alpha value is -2.82. The van der Waals surface area contributed by atoms with Crippen LogP contribution in [0.5, 0.6) is 0 Å². The van der Waals surface area contributed by atoms with Crippen LogP contribution >= 0.6 is 0 Å². The second-order valence-corrected chi connectivity index (χ2v) is 6.84. The number of hydrogen-bond donors (Lipinski definition) is 1. The Balaban J connectivity index is 1.49. The fourth-order valence-electron chi connectivity index (χ4n) is 3.49. The van der Waals surface area contributed by atoms with E-state index >= 15 is 0 Å². The molecule has 1 amide bonds. The molecule has 0 radical (unpaired) electrons. The number of nitrogens with one attached hydrogen (secondary N) is 1. The molecule has 5 nitrogen and oxygen atoms in total. The van der Waals surface area contributed by atoms with E-state index in [4.69, 9.17) is 0 Å². The first-order valence-electron chi connectivity index (χ1n) is 8.57. The van der Waals surface area contributed by atoms with Crippen molar-refractivity contribution in [2.45, 2.75) is 24.8 Å². The highest BCUT2D eigenvalue weighted by atomic mass is 16.2. The summed E-state index contributed by atoms with van der Waals surface area (Å²) in [5, 5.41) is 3.03. The molecular formula is C20H21N3O2. The average Bonchev–Trinajstić information content (AvgIpc) is 3.41. The van der Waals surface area contributed by atoms with Gasteiger partial charge in [-0.3, -0.25) is 13.9 Å². The van der Waals surface area contributed by atoms with Gasteiger partial charge >= 0.3 is 5.69 Å². The first-order chi connectivity index (χ1) is 12.1. The topological polar surface area (TPSA) is 56.0 Å². The number of hydrogen-bond acceptors (Lipinski definition) is 2. The van der Waals surface area contributed by atoms with E-state index in [-0.39, 0.29) is 23.6 Å². The second-order valence-electron chi connectivity index (χ2n) is 6.84. The summed E-state index contributed by atoms with van der Waals surface area (Å²) < 4.78 is 3.11. The average molecular weight is 335 g/mol.